The zero-order chi connectivity index (χ0) is 20.8. The normalized spacial score (nSPS) is 13.3. The highest BCUT2D eigenvalue weighted by atomic mass is 19.1. The topological polar surface area (TPSA) is 32.1 Å². The molecule has 1 aliphatic rings. The van der Waals surface area contributed by atoms with Crippen molar-refractivity contribution in [2.75, 3.05) is 19.9 Å². The fourth-order valence-corrected chi connectivity index (χ4v) is 3.73. The molecule has 3 aromatic rings. The Morgan fingerprint density at radius 1 is 0.900 bits per heavy atom. The maximum absolute atomic E-state index is 14.3. The summed E-state index contributed by atoms with van der Waals surface area (Å²) in [7, 11) is 0. The standard InChI is InChI=1S/C25H26FNO3/c1-2-28-22-10-7-20(8-11-22)16-27(17-21-5-3-4-6-23(21)26)14-13-19-9-12-24-25(15-19)30-18-29-24/h3-12,15H,2,13-14,16-18H2,1H3/p+1. The first-order valence-corrected chi connectivity index (χ1v) is 10.4. The van der Waals surface area contributed by atoms with Gasteiger partial charge in [0, 0.05) is 17.5 Å². The van der Waals surface area contributed by atoms with Crippen molar-refractivity contribution in [1.29, 1.82) is 0 Å². The van der Waals surface area contributed by atoms with E-state index in [1.807, 2.05) is 43.3 Å². The molecule has 0 spiro atoms. The average molecular weight is 408 g/mol. The third kappa shape index (κ3) is 5.10. The number of fused-ring (bicyclic) bond motifs is 1. The van der Waals surface area contributed by atoms with E-state index >= 15 is 0 Å². The Morgan fingerprint density at radius 3 is 2.47 bits per heavy atom. The van der Waals surface area contributed by atoms with Gasteiger partial charge in [0.05, 0.1) is 13.2 Å². The number of quaternary nitrogens is 1. The van der Waals surface area contributed by atoms with E-state index in [9.17, 15) is 4.39 Å². The Bertz CT molecular complexity index is 974. The van der Waals surface area contributed by atoms with E-state index in [0.29, 0.717) is 13.2 Å². The lowest BCUT2D eigenvalue weighted by Gasteiger charge is -2.20. The minimum absolute atomic E-state index is 0.148. The van der Waals surface area contributed by atoms with Crippen molar-refractivity contribution in [2.24, 2.45) is 0 Å². The molecule has 0 aromatic heterocycles. The molecule has 1 N–H and O–H groups in total. The van der Waals surface area contributed by atoms with Crippen LogP contribution in [0, 0.1) is 5.82 Å². The van der Waals surface area contributed by atoms with Crippen molar-refractivity contribution in [3.63, 3.8) is 0 Å². The molecular weight excluding hydrogens is 381 g/mol. The minimum Gasteiger partial charge on any atom is -0.494 e. The van der Waals surface area contributed by atoms with Gasteiger partial charge in [0.1, 0.15) is 24.7 Å². The van der Waals surface area contributed by atoms with E-state index < -0.39 is 0 Å². The molecule has 0 saturated carbocycles. The molecule has 0 fully saturated rings. The second-order valence-electron chi connectivity index (χ2n) is 7.46. The molecule has 0 aliphatic carbocycles. The number of rotatable bonds is 9. The van der Waals surface area contributed by atoms with Gasteiger partial charge in [0.2, 0.25) is 6.79 Å². The van der Waals surface area contributed by atoms with Crippen molar-refractivity contribution in [3.05, 3.63) is 89.2 Å². The van der Waals surface area contributed by atoms with Crippen LogP contribution in [0.25, 0.3) is 0 Å². The van der Waals surface area contributed by atoms with Crippen LogP contribution in [-0.2, 0) is 19.5 Å². The fourth-order valence-electron chi connectivity index (χ4n) is 3.73. The van der Waals surface area contributed by atoms with Gasteiger partial charge in [-0.2, -0.15) is 0 Å². The third-order valence-electron chi connectivity index (χ3n) is 5.29. The van der Waals surface area contributed by atoms with Crippen LogP contribution in [0.4, 0.5) is 4.39 Å². The molecule has 0 saturated heterocycles. The Labute approximate surface area is 176 Å². The predicted octanol–water partition coefficient (Wildman–Crippen LogP) is 3.78. The summed E-state index contributed by atoms with van der Waals surface area (Å²) in [6.45, 7) is 5.22. The van der Waals surface area contributed by atoms with Gasteiger partial charge in [-0.05, 0) is 55.0 Å². The van der Waals surface area contributed by atoms with Gasteiger partial charge in [-0.25, -0.2) is 4.39 Å². The van der Waals surface area contributed by atoms with Crippen molar-refractivity contribution < 1.29 is 23.5 Å². The highest BCUT2D eigenvalue weighted by Gasteiger charge is 2.16. The van der Waals surface area contributed by atoms with E-state index in [0.717, 1.165) is 42.3 Å². The molecule has 0 bridgehead atoms. The summed E-state index contributed by atoms with van der Waals surface area (Å²) in [5, 5.41) is 0. The SMILES string of the molecule is CCOc1ccc(C[NH+](CCc2ccc3c(c2)OCO3)Cc2ccccc2F)cc1. The van der Waals surface area contributed by atoms with Crippen LogP contribution in [0.5, 0.6) is 17.2 Å². The zero-order valence-electron chi connectivity index (χ0n) is 17.2. The summed E-state index contributed by atoms with van der Waals surface area (Å²) in [5.74, 6) is 2.32. The second-order valence-corrected chi connectivity index (χ2v) is 7.46. The average Bonchev–Trinajstić information content (AvgIpc) is 3.23. The number of halogens is 1. The molecule has 0 radical (unpaired) electrons. The summed E-state index contributed by atoms with van der Waals surface area (Å²) < 4.78 is 30.7. The van der Waals surface area contributed by atoms with Crippen LogP contribution in [0.15, 0.2) is 66.7 Å². The summed E-state index contributed by atoms with van der Waals surface area (Å²) >= 11 is 0. The van der Waals surface area contributed by atoms with Gasteiger partial charge in [-0.3, -0.25) is 0 Å². The van der Waals surface area contributed by atoms with Crippen LogP contribution < -0.4 is 19.1 Å². The molecule has 4 nitrogen and oxygen atoms in total. The van der Waals surface area contributed by atoms with E-state index in [-0.39, 0.29) is 12.6 Å². The van der Waals surface area contributed by atoms with E-state index in [1.165, 1.54) is 22.1 Å². The van der Waals surface area contributed by atoms with Crippen LogP contribution in [0.1, 0.15) is 23.6 Å². The number of hydrogen-bond donors (Lipinski definition) is 1. The molecular formula is C25H27FNO3+. The number of hydrogen-bond acceptors (Lipinski definition) is 3. The number of ether oxygens (including phenoxy) is 3. The van der Waals surface area contributed by atoms with Crippen molar-refractivity contribution in [3.8, 4) is 17.2 Å². The van der Waals surface area contributed by atoms with Crippen LogP contribution in [0.3, 0.4) is 0 Å². The predicted molar refractivity (Wildman–Crippen MR) is 114 cm³/mol. The molecule has 30 heavy (non-hydrogen) atoms. The first-order chi connectivity index (χ1) is 14.7. The summed E-state index contributed by atoms with van der Waals surface area (Å²) in [4.78, 5) is 1.29. The highest BCUT2D eigenvalue weighted by molar-refractivity contribution is 5.44. The maximum atomic E-state index is 14.3. The van der Waals surface area contributed by atoms with Gasteiger partial charge < -0.3 is 19.1 Å². The van der Waals surface area contributed by atoms with Gasteiger partial charge in [0.15, 0.2) is 11.5 Å². The minimum atomic E-state index is -0.148. The molecule has 1 aliphatic heterocycles. The number of benzene rings is 3. The summed E-state index contributed by atoms with van der Waals surface area (Å²) in [6, 6.07) is 21.3. The lowest BCUT2D eigenvalue weighted by atomic mass is 10.1. The monoisotopic (exact) mass is 408 g/mol. The number of nitrogens with one attached hydrogen (secondary N) is 1. The lowest BCUT2D eigenvalue weighted by Crippen LogP contribution is -3.09. The van der Waals surface area contributed by atoms with Crippen LogP contribution in [0.2, 0.25) is 0 Å². The molecule has 4 rings (SSSR count). The molecule has 3 aromatic carbocycles. The van der Waals surface area contributed by atoms with E-state index in [2.05, 4.69) is 18.2 Å². The first-order valence-electron chi connectivity index (χ1n) is 10.4. The van der Waals surface area contributed by atoms with Crippen LogP contribution >= 0.6 is 0 Å². The Kier molecular flexibility index (Phi) is 6.50. The smallest absolute Gasteiger partial charge is 0.231 e. The first kappa shape index (κ1) is 20.2. The molecule has 156 valence electrons. The van der Waals surface area contributed by atoms with Crippen molar-refractivity contribution in [1.82, 2.24) is 0 Å². The molecule has 1 heterocycles. The van der Waals surface area contributed by atoms with E-state index in [1.54, 1.807) is 6.07 Å². The molecule has 1 atom stereocenters. The van der Waals surface area contributed by atoms with Gasteiger partial charge in [0.25, 0.3) is 0 Å². The highest BCUT2D eigenvalue weighted by Crippen LogP contribution is 2.32. The Morgan fingerprint density at radius 2 is 1.67 bits per heavy atom. The molecule has 0 amide bonds. The maximum Gasteiger partial charge on any atom is 0.231 e. The largest absolute Gasteiger partial charge is 0.494 e. The fraction of sp³-hybridized carbons (Fsp3) is 0.280. The quantitative estimate of drug-likeness (QED) is 0.585. The van der Waals surface area contributed by atoms with Gasteiger partial charge in [-0.15, -0.1) is 0 Å². The summed E-state index contributed by atoms with van der Waals surface area (Å²) in [6.07, 6.45) is 0.872. The Hall–Kier alpha value is -3.05. The Balaban J connectivity index is 1.47. The van der Waals surface area contributed by atoms with Crippen molar-refractivity contribution >= 4 is 0 Å². The third-order valence-corrected chi connectivity index (χ3v) is 5.29. The van der Waals surface area contributed by atoms with Crippen molar-refractivity contribution in [2.45, 2.75) is 26.4 Å². The van der Waals surface area contributed by atoms with Crippen LogP contribution in [-0.4, -0.2) is 19.9 Å². The van der Waals surface area contributed by atoms with Gasteiger partial charge >= 0.3 is 0 Å². The molecule has 5 heteroatoms. The molecule has 1 unspecified atom stereocenters. The lowest BCUT2D eigenvalue weighted by molar-refractivity contribution is -0.927. The zero-order valence-corrected chi connectivity index (χ0v) is 17.2. The van der Waals surface area contributed by atoms with Gasteiger partial charge in [-0.1, -0.05) is 24.3 Å². The second kappa shape index (κ2) is 9.63. The summed E-state index contributed by atoms with van der Waals surface area (Å²) in [5.41, 5.74) is 3.14. The van der Waals surface area contributed by atoms with E-state index in [4.69, 9.17) is 14.2 Å².